The summed E-state index contributed by atoms with van der Waals surface area (Å²) in [6, 6.07) is 17.7. The summed E-state index contributed by atoms with van der Waals surface area (Å²) in [5, 5.41) is 1.09. The van der Waals surface area contributed by atoms with Crippen molar-refractivity contribution < 1.29 is 0 Å². The van der Waals surface area contributed by atoms with E-state index in [0.717, 1.165) is 5.33 Å². The first-order valence-electron chi connectivity index (χ1n) is 6.16. The van der Waals surface area contributed by atoms with E-state index in [0.29, 0.717) is 5.92 Å². The minimum absolute atomic E-state index is 0.597. The molecule has 2 aromatic rings. The first-order valence-corrected chi connectivity index (χ1v) is 7.28. The van der Waals surface area contributed by atoms with Crippen LogP contribution in [0.1, 0.15) is 29.9 Å². The minimum Gasteiger partial charge on any atom is -0.0928 e. The summed E-state index contributed by atoms with van der Waals surface area (Å²) in [5.41, 5.74) is 5.88. The van der Waals surface area contributed by atoms with Crippen molar-refractivity contribution in [2.75, 3.05) is 5.33 Å². The van der Waals surface area contributed by atoms with Crippen LogP contribution in [0.2, 0.25) is 0 Å². The van der Waals surface area contributed by atoms with Crippen molar-refractivity contribution in [2.45, 2.75) is 18.8 Å². The number of rotatable bonds is 3. The predicted molar refractivity (Wildman–Crippen MR) is 76.7 cm³/mol. The van der Waals surface area contributed by atoms with E-state index in [2.05, 4.69) is 64.5 Å². The number of halogens is 1. The SMILES string of the molecule is BrCCCC1c2ccccc2-c2ccccc21. The third-order valence-corrected chi connectivity index (χ3v) is 4.15. The molecule has 0 aliphatic heterocycles. The quantitative estimate of drug-likeness (QED) is 0.699. The van der Waals surface area contributed by atoms with Gasteiger partial charge < -0.3 is 0 Å². The van der Waals surface area contributed by atoms with E-state index in [1.165, 1.54) is 35.1 Å². The van der Waals surface area contributed by atoms with Crippen LogP contribution in [0.4, 0.5) is 0 Å². The van der Waals surface area contributed by atoms with Crippen molar-refractivity contribution >= 4 is 15.9 Å². The maximum atomic E-state index is 3.54. The second kappa shape index (κ2) is 4.66. The third-order valence-electron chi connectivity index (χ3n) is 3.59. The summed E-state index contributed by atoms with van der Waals surface area (Å²) in [4.78, 5) is 0. The van der Waals surface area contributed by atoms with Crippen molar-refractivity contribution in [3.8, 4) is 11.1 Å². The zero-order chi connectivity index (χ0) is 11.7. The zero-order valence-corrected chi connectivity index (χ0v) is 11.3. The summed E-state index contributed by atoms with van der Waals surface area (Å²) in [6.45, 7) is 0. The minimum atomic E-state index is 0.597. The van der Waals surface area contributed by atoms with Crippen molar-refractivity contribution in [2.24, 2.45) is 0 Å². The van der Waals surface area contributed by atoms with Gasteiger partial charge in [0, 0.05) is 11.2 Å². The highest BCUT2D eigenvalue weighted by Gasteiger charge is 2.26. The van der Waals surface area contributed by atoms with E-state index in [-0.39, 0.29) is 0 Å². The van der Waals surface area contributed by atoms with Gasteiger partial charge in [-0.1, -0.05) is 64.5 Å². The van der Waals surface area contributed by atoms with Gasteiger partial charge in [0.25, 0.3) is 0 Å². The third kappa shape index (κ3) is 1.83. The molecule has 3 rings (SSSR count). The van der Waals surface area contributed by atoms with Crippen molar-refractivity contribution in [1.82, 2.24) is 0 Å². The van der Waals surface area contributed by atoms with Crippen LogP contribution in [0.3, 0.4) is 0 Å². The summed E-state index contributed by atoms with van der Waals surface area (Å²) >= 11 is 3.54. The van der Waals surface area contributed by atoms with Crippen molar-refractivity contribution in [3.63, 3.8) is 0 Å². The molecule has 0 atom stereocenters. The lowest BCUT2D eigenvalue weighted by atomic mass is 9.93. The molecule has 0 radical (unpaired) electrons. The first kappa shape index (κ1) is 11.0. The van der Waals surface area contributed by atoms with E-state index in [9.17, 15) is 0 Å². The molecule has 2 aromatic carbocycles. The molecule has 0 fully saturated rings. The van der Waals surface area contributed by atoms with Crippen LogP contribution in [-0.2, 0) is 0 Å². The normalized spacial score (nSPS) is 13.5. The van der Waals surface area contributed by atoms with Gasteiger partial charge in [-0.05, 0) is 35.1 Å². The highest BCUT2D eigenvalue weighted by molar-refractivity contribution is 9.09. The summed E-state index contributed by atoms with van der Waals surface area (Å²) in [5.74, 6) is 0.597. The molecular weight excluding hydrogens is 272 g/mol. The molecule has 17 heavy (non-hydrogen) atoms. The van der Waals surface area contributed by atoms with Gasteiger partial charge in [-0.15, -0.1) is 0 Å². The number of alkyl halides is 1. The Morgan fingerprint density at radius 3 is 1.88 bits per heavy atom. The Morgan fingerprint density at radius 1 is 0.824 bits per heavy atom. The van der Waals surface area contributed by atoms with E-state index < -0.39 is 0 Å². The fraction of sp³-hybridized carbons (Fsp3) is 0.250. The van der Waals surface area contributed by atoms with Crippen LogP contribution in [-0.4, -0.2) is 5.33 Å². The average Bonchev–Trinajstić information content (AvgIpc) is 2.71. The van der Waals surface area contributed by atoms with Gasteiger partial charge in [-0.2, -0.15) is 0 Å². The topological polar surface area (TPSA) is 0 Å². The van der Waals surface area contributed by atoms with Gasteiger partial charge in [0.2, 0.25) is 0 Å². The molecule has 86 valence electrons. The van der Waals surface area contributed by atoms with Gasteiger partial charge in [0.15, 0.2) is 0 Å². The molecule has 0 unspecified atom stereocenters. The summed E-state index contributed by atoms with van der Waals surface area (Å²) in [7, 11) is 0. The summed E-state index contributed by atoms with van der Waals surface area (Å²) < 4.78 is 0. The molecule has 0 nitrogen and oxygen atoms in total. The summed E-state index contributed by atoms with van der Waals surface area (Å²) in [6.07, 6.45) is 2.46. The maximum absolute atomic E-state index is 3.54. The lowest BCUT2D eigenvalue weighted by Gasteiger charge is -2.12. The monoisotopic (exact) mass is 286 g/mol. The Morgan fingerprint density at radius 2 is 1.35 bits per heavy atom. The second-order valence-electron chi connectivity index (χ2n) is 4.56. The largest absolute Gasteiger partial charge is 0.0928 e. The van der Waals surface area contributed by atoms with Crippen LogP contribution in [0.15, 0.2) is 48.5 Å². The van der Waals surface area contributed by atoms with E-state index in [1.54, 1.807) is 0 Å². The fourth-order valence-corrected chi connectivity index (χ4v) is 3.18. The lowest BCUT2D eigenvalue weighted by molar-refractivity contribution is 0.719. The molecule has 0 saturated heterocycles. The zero-order valence-electron chi connectivity index (χ0n) is 9.70. The van der Waals surface area contributed by atoms with Crippen LogP contribution in [0, 0.1) is 0 Å². The smallest absolute Gasteiger partial charge is 0.0102 e. The first-order chi connectivity index (χ1) is 8.42. The Balaban J connectivity index is 2.10. The maximum Gasteiger partial charge on any atom is 0.0102 e. The molecule has 0 aromatic heterocycles. The highest BCUT2D eigenvalue weighted by Crippen LogP contribution is 2.46. The van der Waals surface area contributed by atoms with Crippen LogP contribution >= 0.6 is 15.9 Å². The van der Waals surface area contributed by atoms with Crippen LogP contribution in [0.25, 0.3) is 11.1 Å². The van der Waals surface area contributed by atoms with Gasteiger partial charge >= 0.3 is 0 Å². The van der Waals surface area contributed by atoms with E-state index >= 15 is 0 Å². The van der Waals surface area contributed by atoms with E-state index in [1.807, 2.05) is 0 Å². The number of fused-ring (bicyclic) bond motifs is 3. The fourth-order valence-electron chi connectivity index (χ4n) is 2.85. The predicted octanol–water partition coefficient (Wildman–Crippen LogP) is 4.97. The van der Waals surface area contributed by atoms with Gasteiger partial charge in [0.1, 0.15) is 0 Å². The van der Waals surface area contributed by atoms with E-state index in [4.69, 9.17) is 0 Å². The number of hydrogen-bond donors (Lipinski definition) is 0. The molecule has 1 aliphatic rings. The van der Waals surface area contributed by atoms with Crippen LogP contribution < -0.4 is 0 Å². The molecule has 0 amide bonds. The van der Waals surface area contributed by atoms with Gasteiger partial charge in [-0.25, -0.2) is 0 Å². The molecule has 1 aliphatic carbocycles. The molecule has 0 spiro atoms. The number of hydrogen-bond acceptors (Lipinski definition) is 0. The Hall–Kier alpha value is -1.08. The van der Waals surface area contributed by atoms with Gasteiger partial charge in [-0.3, -0.25) is 0 Å². The standard InChI is InChI=1S/C16H15Br/c17-11-5-10-16-14-8-3-1-6-12(14)13-7-2-4-9-15(13)16/h1-4,6-9,16H,5,10-11H2. The molecular formula is C16H15Br. The Kier molecular flexibility index (Phi) is 3.02. The van der Waals surface area contributed by atoms with Crippen molar-refractivity contribution in [3.05, 3.63) is 59.7 Å². The van der Waals surface area contributed by atoms with Crippen molar-refractivity contribution in [1.29, 1.82) is 0 Å². The Bertz CT molecular complexity index is 485. The van der Waals surface area contributed by atoms with Crippen LogP contribution in [0.5, 0.6) is 0 Å². The molecule has 1 heteroatoms. The lowest BCUT2D eigenvalue weighted by Crippen LogP contribution is -1.96. The molecule has 0 N–H and O–H groups in total. The highest BCUT2D eigenvalue weighted by atomic mass is 79.9. The Labute approximate surface area is 111 Å². The molecule has 0 saturated carbocycles. The average molecular weight is 287 g/mol. The molecule has 0 heterocycles. The number of benzene rings is 2. The molecule has 0 bridgehead atoms. The second-order valence-corrected chi connectivity index (χ2v) is 5.35. The van der Waals surface area contributed by atoms with Gasteiger partial charge in [0.05, 0.1) is 0 Å².